The van der Waals surface area contributed by atoms with Crippen molar-refractivity contribution in [1.29, 1.82) is 5.26 Å². The average molecular weight is 294 g/mol. The van der Waals surface area contributed by atoms with Crippen molar-refractivity contribution in [3.05, 3.63) is 33.8 Å². The number of nitriles is 1. The number of hydrogen-bond donors (Lipinski definition) is 0. The highest BCUT2D eigenvalue weighted by Crippen LogP contribution is 2.62. The standard InChI is InChI=1S/C16H17Cl2N/c17-12-4-5-13(14(18)8-12)16(11-19)9-15(10-16)6-2-1-3-7-15/h4-5,8H,1-3,6-7,9-10H2. The molecule has 1 aromatic rings. The largest absolute Gasteiger partial charge is 0.197 e. The van der Waals surface area contributed by atoms with Crippen molar-refractivity contribution in [2.24, 2.45) is 5.41 Å². The molecule has 0 aromatic heterocycles. The molecular formula is C16H17Cl2N. The highest BCUT2D eigenvalue weighted by molar-refractivity contribution is 6.35. The Bertz CT molecular complexity index is 530. The van der Waals surface area contributed by atoms with Crippen LogP contribution in [0.3, 0.4) is 0 Å². The first-order valence-corrected chi connectivity index (χ1v) is 7.72. The van der Waals surface area contributed by atoms with Crippen molar-refractivity contribution in [2.45, 2.75) is 50.4 Å². The minimum absolute atomic E-state index is 0.376. The smallest absolute Gasteiger partial charge is 0.0847 e. The fourth-order valence-electron chi connectivity index (χ4n) is 4.09. The number of halogens is 2. The molecule has 3 rings (SSSR count). The SMILES string of the molecule is N#CC1(c2ccc(Cl)cc2Cl)CC2(CCCCC2)C1. The van der Waals surface area contributed by atoms with E-state index in [0.717, 1.165) is 18.4 Å². The van der Waals surface area contributed by atoms with E-state index >= 15 is 0 Å². The molecule has 100 valence electrons. The van der Waals surface area contributed by atoms with Gasteiger partial charge in [0, 0.05) is 10.0 Å². The van der Waals surface area contributed by atoms with Gasteiger partial charge in [0.1, 0.15) is 0 Å². The topological polar surface area (TPSA) is 23.8 Å². The number of benzene rings is 1. The minimum Gasteiger partial charge on any atom is -0.197 e. The molecule has 2 saturated carbocycles. The van der Waals surface area contributed by atoms with Crippen molar-refractivity contribution in [3.63, 3.8) is 0 Å². The van der Waals surface area contributed by atoms with E-state index in [-0.39, 0.29) is 5.41 Å². The summed E-state index contributed by atoms with van der Waals surface area (Å²) in [5.74, 6) is 0. The second-order valence-corrected chi connectivity index (χ2v) is 7.08. The molecule has 2 aliphatic carbocycles. The summed E-state index contributed by atoms with van der Waals surface area (Å²) >= 11 is 12.2. The van der Waals surface area contributed by atoms with E-state index < -0.39 is 0 Å². The lowest BCUT2D eigenvalue weighted by atomic mass is 9.47. The predicted molar refractivity (Wildman–Crippen MR) is 78.5 cm³/mol. The van der Waals surface area contributed by atoms with Crippen LogP contribution in [0.25, 0.3) is 0 Å². The van der Waals surface area contributed by atoms with Crippen molar-refractivity contribution in [1.82, 2.24) is 0 Å². The Kier molecular flexibility index (Phi) is 3.28. The molecule has 1 aromatic carbocycles. The minimum atomic E-state index is -0.376. The van der Waals surface area contributed by atoms with Gasteiger partial charge in [-0.25, -0.2) is 0 Å². The van der Waals surface area contributed by atoms with Crippen LogP contribution in [0.5, 0.6) is 0 Å². The molecule has 0 bridgehead atoms. The average Bonchev–Trinajstić information content (AvgIpc) is 2.37. The molecule has 0 saturated heterocycles. The van der Waals surface area contributed by atoms with E-state index in [1.165, 1.54) is 32.1 Å². The van der Waals surface area contributed by atoms with E-state index in [9.17, 15) is 5.26 Å². The first kappa shape index (κ1) is 13.3. The summed E-state index contributed by atoms with van der Waals surface area (Å²) in [5, 5.41) is 10.9. The van der Waals surface area contributed by atoms with Crippen LogP contribution in [0.2, 0.25) is 10.0 Å². The molecule has 1 spiro atoms. The Labute approximate surface area is 124 Å². The molecule has 0 unspecified atom stereocenters. The fourth-order valence-corrected chi connectivity index (χ4v) is 4.68. The van der Waals surface area contributed by atoms with E-state index in [1.54, 1.807) is 6.07 Å². The molecule has 0 atom stereocenters. The fraction of sp³-hybridized carbons (Fsp3) is 0.562. The second kappa shape index (κ2) is 4.69. The van der Waals surface area contributed by atoms with E-state index in [1.807, 2.05) is 12.1 Å². The number of hydrogen-bond acceptors (Lipinski definition) is 1. The summed E-state index contributed by atoms with van der Waals surface area (Å²) in [6.45, 7) is 0. The molecule has 0 N–H and O–H groups in total. The lowest BCUT2D eigenvalue weighted by Gasteiger charge is -2.55. The van der Waals surface area contributed by atoms with Gasteiger partial charge in [-0.05, 0) is 48.8 Å². The van der Waals surface area contributed by atoms with Crippen molar-refractivity contribution >= 4 is 23.2 Å². The molecular weight excluding hydrogens is 277 g/mol. The first-order chi connectivity index (χ1) is 9.09. The van der Waals surface area contributed by atoms with Crippen LogP contribution in [0.15, 0.2) is 18.2 Å². The maximum atomic E-state index is 9.66. The molecule has 0 heterocycles. The summed E-state index contributed by atoms with van der Waals surface area (Å²) in [6, 6.07) is 8.06. The van der Waals surface area contributed by atoms with Gasteiger partial charge in [-0.1, -0.05) is 48.5 Å². The molecule has 1 nitrogen and oxygen atoms in total. The summed E-state index contributed by atoms with van der Waals surface area (Å²) in [5.41, 5.74) is 1.01. The summed E-state index contributed by atoms with van der Waals surface area (Å²) in [7, 11) is 0. The second-order valence-electron chi connectivity index (χ2n) is 6.23. The van der Waals surface area contributed by atoms with Gasteiger partial charge < -0.3 is 0 Å². The maximum absolute atomic E-state index is 9.66. The highest BCUT2D eigenvalue weighted by Gasteiger charge is 2.56. The third-order valence-corrected chi connectivity index (χ3v) is 5.48. The van der Waals surface area contributed by atoms with Gasteiger partial charge in [-0.3, -0.25) is 0 Å². The Morgan fingerprint density at radius 2 is 1.74 bits per heavy atom. The van der Waals surface area contributed by atoms with Crippen LogP contribution in [-0.4, -0.2) is 0 Å². The highest BCUT2D eigenvalue weighted by atomic mass is 35.5. The zero-order valence-corrected chi connectivity index (χ0v) is 12.4. The molecule has 0 amide bonds. The molecule has 0 aliphatic heterocycles. The van der Waals surface area contributed by atoms with Crippen LogP contribution in [0.1, 0.15) is 50.5 Å². The maximum Gasteiger partial charge on any atom is 0.0847 e. The van der Waals surface area contributed by atoms with Crippen LogP contribution in [0.4, 0.5) is 0 Å². The third-order valence-electron chi connectivity index (χ3n) is 4.93. The van der Waals surface area contributed by atoms with Crippen LogP contribution in [0, 0.1) is 16.7 Å². The Morgan fingerprint density at radius 1 is 1.05 bits per heavy atom. The third kappa shape index (κ3) is 2.16. The Balaban J connectivity index is 1.89. The summed E-state index contributed by atoms with van der Waals surface area (Å²) in [4.78, 5) is 0. The molecule has 3 heteroatoms. The Morgan fingerprint density at radius 3 is 2.32 bits per heavy atom. The Hall–Kier alpha value is -0.710. The van der Waals surface area contributed by atoms with E-state index in [2.05, 4.69) is 6.07 Å². The molecule has 2 fully saturated rings. The van der Waals surface area contributed by atoms with Gasteiger partial charge in [0.05, 0.1) is 11.5 Å². The van der Waals surface area contributed by atoms with Gasteiger partial charge in [0.15, 0.2) is 0 Å². The lowest BCUT2D eigenvalue weighted by Crippen LogP contribution is -2.49. The summed E-state index contributed by atoms with van der Waals surface area (Å²) in [6.07, 6.45) is 8.48. The van der Waals surface area contributed by atoms with Gasteiger partial charge in [-0.15, -0.1) is 0 Å². The van der Waals surface area contributed by atoms with Crippen LogP contribution in [-0.2, 0) is 5.41 Å². The van der Waals surface area contributed by atoms with Gasteiger partial charge >= 0.3 is 0 Å². The first-order valence-electron chi connectivity index (χ1n) is 6.96. The molecule has 2 aliphatic rings. The van der Waals surface area contributed by atoms with Crippen LogP contribution >= 0.6 is 23.2 Å². The lowest BCUT2D eigenvalue weighted by molar-refractivity contribution is 0.0169. The predicted octanol–water partition coefficient (Wildman–Crippen LogP) is 5.50. The molecule has 19 heavy (non-hydrogen) atoms. The monoisotopic (exact) mass is 293 g/mol. The van der Waals surface area contributed by atoms with Crippen molar-refractivity contribution in [2.75, 3.05) is 0 Å². The number of rotatable bonds is 1. The zero-order valence-electron chi connectivity index (χ0n) is 10.9. The van der Waals surface area contributed by atoms with Gasteiger partial charge in [-0.2, -0.15) is 5.26 Å². The summed E-state index contributed by atoms with van der Waals surface area (Å²) < 4.78 is 0. The van der Waals surface area contributed by atoms with Crippen LogP contribution < -0.4 is 0 Å². The van der Waals surface area contributed by atoms with E-state index in [0.29, 0.717) is 15.5 Å². The zero-order chi connectivity index (χ0) is 13.5. The van der Waals surface area contributed by atoms with E-state index in [4.69, 9.17) is 23.2 Å². The van der Waals surface area contributed by atoms with Crippen molar-refractivity contribution < 1.29 is 0 Å². The van der Waals surface area contributed by atoms with Crippen molar-refractivity contribution in [3.8, 4) is 6.07 Å². The van der Waals surface area contributed by atoms with Gasteiger partial charge in [0.25, 0.3) is 0 Å². The normalized spacial score (nSPS) is 23.6. The quantitative estimate of drug-likeness (QED) is 0.671. The number of nitrogens with zero attached hydrogens (tertiary/aromatic N) is 1. The van der Waals surface area contributed by atoms with Gasteiger partial charge in [0.2, 0.25) is 0 Å². The molecule has 0 radical (unpaired) electrons.